The number of hydrogen-bond acceptors (Lipinski definition) is 3. The number of hydrogen-bond donors (Lipinski definition) is 3. The summed E-state index contributed by atoms with van der Waals surface area (Å²) < 4.78 is 36.4. The highest BCUT2D eigenvalue weighted by molar-refractivity contribution is 5.82. The molecule has 1 aromatic rings. The number of aromatic hydroxyl groups is 1. The van der Waals surface area contributed by atoms with Crippen molar-refractivity contribution in [3.63, 3.8) is 0 Å². The SMILES string of the molecule is CC(CC(F)(F)F)NC(=O)C(N)Cc1ccc(O)cc1. The molecular formula is C13H17F3N2O2. The van der Waals surface area contributed by atoms with Crippen molar-refractivity contribution in [3.05, 3.63) is 29.8 Å². The molecule has 0 fully saturated rings. The zero-order valence-electron chi connectivity index (χ0n) is 10.9. The highest BCUT2D eigenvalue weighted by Gasteiger charge is 2.31. The molecule has 0 aliphatic rings. The van der Waals surface area contributed by atoms with E-state index in [2.05, 4.69) is 5.32 Å². The van der Waals surface area contributed by atoms with E-state index in [1.807, 2.05) is 0 Å². The molecule has 0 heterocycles. The Hall–Kier alpha value is -1.76. The van der Waals surface area contributed by atoms with Gasteiger partial charge in [-0.25, -0.2) is 0 Å². The van der Waals surface area contributed by atoms with Crippen LogP contribution in [0.15, 0.2) is 24.3 Å². The minimum atomic E-state index is -4.33. The van der Waals surface area contributed by atoms with E-state index < -0.39 is 30.6 Å². The van der Waals surface area contributed by atoms with Crippen LogP contribution < -0.4 is 11.1 Å². The standard InChI is InChI=1S/C13H17F3N2O2/c1-8(7-13(14,15)16)18-12(20)11(17)6-9-2-4-10(19)5-3-9/h2-5,8,11,19H,6-7,17H2,1H3,(H,18,20). The molecule has 0 spiro atoms. The van der Waals surface area contributed by atoms with E-state index in [9.17, 15) is 18.0 Å². The zero-order valence-corrected chi connectivity index (χ0v) is 10.9. The number of rotatable bonds is 5. The number of nitrogens with two attached hydrogens (primary N) is 1. The Morgan fingerprint density at radius 1 is 1.35 bits per heavy atom. The maximum atomic E-state index is 12.1. The minimum absolute atomic E-state index is 0.0885. The smallest absolute Gasteiger partial charge is 0.391 e. The second kappa shape index (κ2) is 6.60. The quantitative estimate of drug-likeness (QED) is 0.773. The summed E-state index contributed by atoms with van der Waals surface area (Å²) in [6.07, 6.45) is -5.23. The van der Waals surface area contributed by atoms with Crippen LogP contribution in [-0.2, 0) is 11.2 Å². The first kappa shape index (κ1) is 16.3. The normalized spacial score (nSPS) is 14.7. The topological polar surface area (TPSA) is 75.4 Å². The Morgan fingerprint density at radius 2 is 1.90 bits per heavy atom. The lowest BCUT2D eigenvalue weighted by atomic mass is 10.1. The highest BCUT2D eigenvalue weighted by atomic mass is 19.4. The number of phenolic OH excluding ortho intramolecular Hbond substituents is 1. The molecule has 0 saturated heterocycles. The summed E-state index contributed by atoms with van der Waals surface area (Å²) in [5.41, 5.74) is 6.36. The van der Waals surface area contributed by atoms with Crippen LogP contribution in [0.4, 0.5) is 13.2 Å². The van der Waals surface area contributed by atoms with Crippen LogP contribution in [0.25, 0.3) is 0 Å². The molecule has 2 atom stereocenters. The highest BCUT2D eigenvalue weighted by Crippen LogP contribution is 2.21. The molecule has 0 bridgehead atoms. The fourth-order valence-corrected chi connectivity index (χ4v) is 1.73. The predicted octanol–water partition coefficient (Wildman–Crippen LogP) is 1.72. The van der Waals surface area contributed by atoms with E-state index in [-0.39, 0.29) is 12.2 Å². The van der Waals surface area contributed by atoms with Gasteiger partial charge in [0.15, 0.2) is 0 Å². The number of benzene rings is 1. The molecular weight excluding hydrogens is 273 g/mol. The maximum Gasteiger partial charge on any atom is 0.391 e. The average molecular weight is 290 g/mol. The van der Waals surface area contributed by atoms with Crippen molar-refractivity contribution in [2.75, 3.05) is 0 Å². The summed E-state index contributed by atoms with van der Waals surface area (Å²) in [5.74, 6) is -0.541. The first-order valence-corrected chi connectivity index (χ1v) is 6.08. The fraction of sp³-hybridized carbons (Fsp3) is 0.462. The van der Waals surface area contributed by atoms with E-state index in [4.69, 9.17) is 10.8 Å². The summed E-state index contributed by atoms with van der Waals surface area (Å²) >= 11 is 0. The predicted molar refractivity (Wildman–Crippen MR) is 68.1 cm³/mol. The molecule has 1 aromatic carbocycles. The van der Waals surface area contributed by atoms with Crippen LogP contribution in [0.3, 0.4) is 0 Å². The molecule has 2 unspecified atom stereocenters. The molecule has 112 valence electrons. The van der Waals surface area contributed by atoms with Crippen molar-refractivity contribution >= 4 is 5.91 Å². The van der Waals surface area contributed by atoms with E-state index in [1.165, 1.54) is 19.1 Å². The molecule has 0 aliphatic heterocycles. The van der Waals surface area contributed by atoms with Crippen molar-refractivity contribution < 1.29 is 23.1 Å². The van der Waals surface area contributed by atoms with Gasteiger partial charge in [-0.2, -0.15) is 13.2 Å². The second-order valence-electron chi connectivity index (χ2n) is 4.71. The summed E-state index contributed by atoms with van der Waals surface area (Å²) in [6, 6.07) is 4.14. The number of phenols is 1. The molecule has 1 rings (SSSR count). The third-order valence-corrected chi connectivity index (χ3v) is 2.66. The van der Waals surface area contributed by atoms with Gasteiger partial charge in [-0.05, 0) is 31.0 Å². The summed E-state index contributed by atoms with van der Waals surface area (Å²) in [5, 5.41) is 11.3. The number of carbonyl (C=O) groups is 1. The van der Waals surface area contributed by atoms with E-state index in [1.54, 1.807) is 12.1 Å². The van der Waals surface area contributed by atoms with Crippen molar-refractivity contribution in [1.82, 2.24) is 5.32 Å². The van der Waals surface area contributed by atoms with Gasteiger partial charge in [0, 0.05) is 6.04 Å². The van der Waals surface area contributed by atoms with Crippen LogP contribution >= 0.6 is 0 Å². The minimum Gasteiger partial charge on any atom is -0.508 e. The van der Waals surface area contributed by atoms with Gasteiger partial charge in [-0.1, -0.05) is 12.1 Å². The lowest BCUT2D eigenvalue weighted by Crippen LogP contribution is -2.46. The van der Waals surface area contributed by atoms with Crippen LogP contribution in [0, 0.1) is 0 Å². The first-order valence-electron chi connectivity index (χ1n) is 6.08. The molecule has 20 heavy (non-hydrogen) atoms. The molecule has 0 radical (unpaired) electrons. The third kappa shape index (κ3) is 5.92. The van der Waals surface area contributed by atoms with Gasteiger partial charge in [0.2, 0.25) is 5.91 Å². The largest absolute Gasteiger partial charge is 0.508 e. The van der Waals surface area contributed by atoms with Crippen molar-refractivity contribution in [2.45, 2.75) is 38.0 Å². The Morgan fingerprint density at radius 3 is 2.40 bits per heavy atom. The lowest BCUT2D eigenvalue weighted by Gasteiger charge is -2.18. The van der Waals surface area contributed by atoms with E-state index in [0.717, 1.165) is 0 Å². The summed E-state index contributed by atoms with van der Waals surface area (Å²) in [7, 11) is 0. The molecule has 7 heteroatoms. The second-order valence-corrected chi connectivity index (χ2v) is 4.71. The number of alkyl halides is 3. The Balaban J connectivity index is 2.48. The van der Waals surface area contributed by atoms with Crippen LogP contribution in [-0.4, -0.2) is 29.3 Å². The number of carbonyl (C=O) groups excluding carboxylic acids is 1. The van der Waals surface area contributed by atoms with E-state index in [0.29, 0.717) is 5.56 Å². The van der Waals surface area contributed by atoms with Gasteiger partial charge in [-0.3, -0.25) is 4.79 Å². The number of nitrogens with one attached hydrogen (secondary N) is 1. The molecule has 4 nitrogen and oxygen atoms in total. The van der Waals surface area contributed by atoms with Gasteiger partial charge in [0.25, 0.3) is 0 Å². The van der Waals surface area contributed by atoms with Gasteiger partial charge in [-0.15, -0.1) is 0 Å². The third-order valence-electron chi connectivity index (χ3n) is 2.66. The van der Waals surface area contributed by atoms with Crippen molar-refractivity contribution in [1.29, 1.82) is 0 Å². The first-order chi connectivity index (χ1) is 9.17. The Labute approximate surface area is 114 Å². The molecule has 0 aliphatic carbocycles. The van der Waals surface area contributed by atoms with Gasteiger partial charge < -0.3 is 16.2 Å². The lowest BCUT2D eigenvalue weighted by molar-refractivity contribution is -0.141. The summed E-state index contributed by atoms with van der Waals surface area (Å²) in [6.45, 7) is 1.28. The molecule has 1 amide bonds. The molecule has 4 N–H and O–H groups in total. The van der Waals surface area contributed by atoms with Gasteiger partial charge >= 0.3 is 6.18 Å². The monoisotopic (exact) mass is 290 g/mol. The number of amides is 1. The van der Waals surface area contributed by atoms with Crippen LogP contribution in [0.2, 0.25) is 0 Å². The zero-order chi connectivity index (χ0) is 15.3. The maximum absolute atomic E-state index is 12.1. The van der Waals surface area contributed by atoms with Gasteiger partial charge in [0.1, 0.15) is 5.75 Å². The average Bonchev–Trinajstić information content (AvgIpc) is 2.29. The summed E-state index contributed by atoms with van der Waals surface area (Å²) in [4.78, 5) is 11.7. The van der Waals surface area contributed by atoms with Crippen molar-refractivity contribution in [3.8, 4) is 5.75 Å². The van der Waals surface area contributed by atoms with Crippen LogP contribution in [0.5, 0.6) is 5.75 Å². The number of halogens is 3. The molecule has 0 aromatic heterocycles. The fourth-order valence-electron chi connectivity index (χ4n) is 1.73. The van der Waals surface area contributed by atoms with E-state index >= 15 is 0 Å². The Bertz CT molecular complexity index is 446. The van der Waals surface area contributed by atoms with Crippen LogP contribution in [0.1, 0.15) is 18.9 Å². The molecule has 0 saturated carbocycles. The van der Waals surface area contributed by atoms with Crippen molar-refractivity contribution in [2.24, 2.45) is 5.73 Å². The Kier molecular flexibility index (Phi) is 5.38. The van der Waals surface area contributed by atoms with Gasteiger partial charge in [0.05, 0.1) is 12.5 Å².